The number of methoxy groups -OCH3 is 2. The third-order valence-electron chi connectivity index (χ3n) is 3.23. The molecule has 0 radical (unpaired) electrons. The third kappa shape index (κ3) is 3.84. The van der Waals surface area contributed by atoms with Gasteiger partial charge in [0.15, 0.2) is 11.5 Å². The van der Waals surface area contributed by atoms with E-state index in [2.05, 4.69) is 21.2 Å². The molecule has 5 heteroatoms. The maximum absolute atomic E-state index is 5.59. The second-order valence-corrected chi connectivity index (χ2v) is 5.48. The van der Waals surface area contributed by atoms with E-state index in [0.717, 1.165) is 47.7 Å². The molecule has 1 aromatic rings. The highest BCUT2D eigenvalue weighted by molar-refractivity contribution is 9.10. The summed E-state index contributed by atoms with van der Waals surface area (Å²) in [5.41, 5.74) is 1.08. The average Bonchev–Trinajstić information content (AvgIpc) is 2.91. The van der Waals surface area contributed by atoms with E-state index in [1.165, 1.54) is 6.42 Å². The Morgan fingerprint density at radius 3 is 2.84 bits per heavy atom. The van der Waals surface area contributed by atoms with Crippen LogP contribution in [0.5, 0.6) is 11.5 Å². The zero-order valence-electron chi connectivity index (χ0n) is 11.4. The standard InChI is InChI=1S/C14H20BrNO3/c1-17-13-7-11(15)6-10(14(13)18-2)8-16-9-12-4-3-5-19-12/h6-7,12,16H,3-5,8-9H2,1-2H3/t12-/m1/s1. The first-order chi connectivity index (χ1) is 9.24. The Balaban J connectivity index is 1.99. The summed E-state index contributed by atoms with van der Waals surface area (Å²) in [4.78, 5) is 0. The third-order valence-corrected chi connectivity index (χ3v) is 3.69. The van der Waals surface area contributed by atoms with Crippen molar-refractivity contribution in [1.29, 1.82) is 0 Å². The number of halogens is 1. The van der Waals surface area contributed by atoms with E-state index in [1.54, 1.807) is 14.2 Å². The van der Waals surface area contributed by atoms with Crippen LogP contribution < -0.4 is 14.8 Å². The summed E-state index contributed by atoms with van der Waals surface area (Å²) < 4.78 is 17.3. The van der Waals surface area contributed by atoms with Crippen LogP contribution in [-0.4, -0.2) is 33.5 Å². The van der Waals surface area contributed by atoms with Crippen molar-refractivity contribution in [2.75, 3.05) is 27.4 Å². The summed E-state index contributed by atoms with van der Waals surface area (Å²) in [7, 11) is 3.31. The van der Waals surface area contributed by atoms with Crippen molar-refractivity contribution < 1.29 is 14.2 Å². The van der Waals surface area contributed by atoms with Crippen LogP contribution in [0.2, 0.25) is 0 Å². The Bertz CT molecular complexity index is 419. The highest BCUT2D eigenvalue weighted by Crippen LogP contribution is 2.34. The largest absolute Gasteiger partial charge is 0.493 e. The smallest absolute Gasteiger partial charge is 0.165 e. The molecule has 0 spiro atoms. The summed E-state index contributed by atoms with van der Waals surface area (Å²) in [6.07, 6.45) is 2.66. The zero-order valence-corrected chi connectivity index (χ0v) is 13.0. The lowest BCUT2D eigenvalue weighted by molar-refractivity contribution is 0.110. The Morgan fingerprint density at radius 2 is 2.21 bits per heavy atom. The normalized spacial score (nSPS) is 18.6. The summed E-state index contributed by atoms with van der Waals surface area (Å²) in [6, 6.07) is 3.95. The molecule has 1 atom stereocenters. The minimum absolute atomic E-state index is 0.347. The molecule has 1 fully saturated rings. The molecule has 1 saturated heterocycles. The Morgan fingerprint density at radius 1 is 1.37 bits per heavy atom. The van der Waals surface area contributed by atoms with Gasteiger partial charge in [-0.2, -0.15) is 0 Å². The number of benzene rings is 1. The molecule has 1 aliphatic heterocycles. The van der Waals surface area contributed by atoms with Crippen molar-refractivity contribution in [2.45, 2.75) is 25.5 Å². The van der Waals surface area contributed by atoms with Gasteiger partial charge in [-0.1, -0.05) is 15.9 Å². The average molecular weight is 330 g/mol. The van der Waals surface area contributed by atoms with Crippen molar-refractivity contribution in [1.82, 2.24) is 5.32 Å². The van der Waals surface area contributed by atoms with E-state index in [4.69, 9.17) is 14.2 Å². The Hall–Kier alpha value is -0.780. The minimum atomic E-state index is 0.347. The van der Waals surface area contributed by atoms with Gasteiger partial charge in [0.25, 0.3) is 0 Å². The van der Waals surface area contributed by atoms with Gasteiger partial charge in [0.05, 0.1) is 20.3 Å². The molecular weight excluding hydrogens is 310 g/mol. The lowest BCUT2D eigenvalue weighted by atomic mass is 10.1. The van der Waals surface area contributed by atoms with Crippen molar-refractivity contribution in [3.8, 4) is 11.5 Å². The van der Waals surface area contributed by atoms with Crippen LogP contribution in [0.15, 0.2) is 16.6 Å². The zero-order chi connectivity index (χ0) is 13.7. The molecule has 1 aromatic carbocycles. The van der Waals surface area contributed by atoms with Gasteiger partial charge in [-0.25, -0.2) is 0 Å². The van der Waals surface area contributed by atoms with Crippen molar-refractivity contribution in [2.24, 2.45) is 0 Å². The highest BCUT2D eigenvalue weighted by atomic mass is 79.9. The molecule has 1 heterocycles. The summed E-state index contributed by atoms with van der Waals surface area (Å²) in [6.45, 7) is 2.50. The SMILES string of the molecule is COc1cc(Br)cc(CNC[C@H]2CCCO2)c1OC. The Kier molecular flexibility index (Phi) is 5.48. The molecule has 1 N–H and O–H groups in total. The van der Waals surface area contributed by atoms with Crippen LogP contribution in [0, 0.1) is 0 Å². The van der Waals surface area contributed by atoms with Gasteiger partial charge in [-0.3, -0.25) is 0 Å². The van der Waals surface area contributed by atoms with Crippen LogP contribution in [0.3, 0.4) is 0 Å². The number of nitrogens with one attached hydrogen (secondary N) is 1. The van der Waals surface area contributed by atoms with Gasteiger partial charge >= 0.3 is 0 Å². The molecule has 4 nitrogen and oxygen atoms in total. The molecular formula is C14H20BrNO3. The van der Waals surface area contributed by atoms with Gasteiger partial charge in [0.2, 0.25) is 0 Å². The van der Waals surface area contributed by atoms with Crippen LogP contribution >= 0.6 is 15.9 Å². The van der Waals surface area contributed by atoms with E-state index < -0.39 is 0 Å². The van der Waals surface area contributed by atoms with Crippen molar-refractivity contribution >= 4 is 15.9 Å². The lowest BCUT2D eigenvalue weighted by Gasteiger charge is -2.15. The van der Waals surface area contributed by atoms with Crippen LogP contribution in [0.25, 0.3) is 0 Å². The molecule has 0 unspecified atom stereocenters. The Labute approximate surface area is 122 Å². The second kappa shape index (κ2) is 7.12. The van der Waals surface area contributed by atoms with Gasteiger partial charge < -0.3 is 19.5 Å². The quantitative estimate of drug-likeness (QED) is 0.871. The highest BCUT2D eigenvalue weighted by Gasteiger charge is 2.16. The second-order valence-electron chi connectivity index (χ2n) is 4.57. The number of ether oxygens (including phenoxy) is 3. The van der Waals surface area contributed by atoms with Gasteiger partial charge in [0.1, 0.15) is 0 Å². The molecule has 0 amide bonds. The molecule has 0 saturated carbocycles. The van der Waals surface area contributed by atoms with Crippen LogP contribution in [-0.2, 0) is 11.3 Å². The maximum atomic E-state index is 5.59. The molecule has 2 rings (SSSR count). The monoisotopic (exact) mass is 329 g/mol. The van der Waals surface area contributed by atoms with Crippen molar-refractivity contribution in [3.63, 3.8) is 0 Å². The van der Waals surface area contributed by atoms with E-state index in [9.17, 15) is 0 Å². The molecule has 106 valence electrons. The van der Waals surface area contributed by atoms with E-state index in [0.29, 0.717) is 6.10 Å². The van der Waals surface area contributed by atoms with Gasteiger partial charge in [-0.15, -0.1) is 0 Å². The molecule has 1 aliphatic rings. The summed E-state index contributed by atoms with van der Waals surface area (Å²) >= 11 is 3.49. The van der Waals surface area contributed by atoms with E-state index >= 15 is 0 Å². The first-order valence-corrected chi connectivity index (χ1v) is 7.26. The number of hydrogen-bond acceptors (Lipinski definition) is 4. The topological polar surface area (TPSA) is 39.7 Å². The van der Waals surface area contributed by atoms with E-state index in [1.807, 2.05) is 12.1 Å². The summed E-state index contributed by atoms with van der Waals surface area (Å²) in [5.74, 6) is 1.52. The first kappa shape index (κ1) is 14.6. The molecule has 0 aromatic heterocycles. The maximum Gasteiger partial charge on any atom is 0.165 e. The fourth-order valence-electron chi connectivity index (χ4n) is 2.31. The van der Waals surface area contributed by atoms with E-state index in [-0.39, 0.29) is 0 Å². The van der Waals surface area contributed by atoms with Crippen molar-refractivity contribution in [3.05, 3.63) is 22.2 Å². The predicted molar refractivity (Wildman–Crippen MR) is 77.9 cm³/mol. The number of rotatable bonds is 6. The molecule has 19 heavy (non-hydrogen) atoms. The molecule has 0 aliphatic carbocycles. The van der Waals surface area contributed by atoms with Crippen LogP contribution in [0.1, 0.15) is 18.4 Å². The fraction of sp³-hybridized carbons (Fsp3) is 0.571. The molecule has 0 bridgehead atoms. The van der Waals surface area contributed by atoms with Crippen LogP contribution in [0.4, 0.5) is 0 Å². The lowest BCUT2D eigenvalue weighted by Crippen LogP contribution is -2.26. The summed E-state index contributed by atoms with van der Waals surface area (Å²) in [5, 5.41) is 3.42. The first-order valence-electron chi connectivity index (χ1n) is 6.47. The van der Waals surface area contributed by atoms with Gasteiger partial charge in [-0.05, 0) is 25.0 Å². The predicted octanol–water partition coefficient (Wildman–Crippen LogP) is 2.73. The number of hydrogen-bond donors (Lipinski definition) is 1. The fourth-order valence-corrected chi connectivity index (χ4v) is 2.79. The van der Waals surface area contributed by atoms with Gasteiger partial charge in [0, 0.05) is 29.7 Å². The minimum Gasteiger partial charge on any atom is -0.493 e.